The fraction of sp³-hybridized carbons (Fsp3) is 0.111. The molecule has 6 heteroatoms. The molecule has 1 N–H and O–H groups in total. The highest BCUT2D eigenvalue weighted by molar-refractivity contribution is 6.33. The van der Waals surface area contributed by atoms with Crippen molar-refractivity contribution in [2.24, 2.45) is 0 Å². The van der Waals surface area contributed by atoms with Crippen molar-refractivity contribution in [2.75, 3.05) is 5.32 Å². The summed E-state index contributed by atoms with van der Waals surface area (Å²) in [6.07, 6.45) is 1.57. The van der Waals surface area contributed by atoms with Gasteiger partial charge in [-0.3, -0.25) is 4.79 Å². The van der Waals surface area contributed by atoms with E-state index in [0.717, 1.165) is 11.1 Å². The van der Waals surface area contributed by atoms with Crippen LogP contribution < -0.4 is 10.9 Å². The van der Waals surface area contributed by atoms with Gasteiger partial charge in [0.25, 0.3) is 5.56 Å². The molecule has 0 aliphatic carbocycles. The van der Waals surface area contributed by atoms with E-state index in [1.54, 1.807) is 6.20 Å². The van der Waals surface area contributed by atoms with Gasteiger partial charge in [-0.25, -0.2) is 4.68 Å². The van der Waals surface area contributed by atoms with Crippen LogP contribution in [0.3, 0.4) is 0 Å². The third-order valence-corrected chi connectivity index (χ3v) is 4.17. The van der Waals surface area contributed by atoms with E-state index >= 15 is 0 Å². The first-order valence-corrected chi connectivity index (χ1v) is 8.17. The second kappa shape index (κ2) is 7.51. The molecule has 0 spiro atoms. The molecule has 0 amide bonds. The Kier molecular flexibility index (Phi) is 5.18. The van der Waals surface area contributed by atoms with Crippen molar-refractivity contribution in [2.45, 2.75) is 13.1 Å². The van der Waals surface area contributed by atoms with Gasteiger partial charge in [-0.1, -0.05) is 65.7 Å². The maximum Gasteiger partial charge on any atom is 0.287 e. The molecular formula is C18H15Cl2N3O. The van der Waals surface area contributed by atoms with Crippen molar-refractivity contribution in [3.05, 3.63) is 92.3 Å². The standard InChI is InChI=1S/C18H15Cl2N3O/c19-15-8-6-13(7-9-15)10-21-16-11-22-23(18(24)17(16)20)12-14-4-2-1-3-5-14/h1-9,11,21H,10,12H2. The number of nitrogens with one attached hydrogen (secondary N) is 1. The highest BCUT2D eigenvalue weighted by atomic mass is 35.5. The van der Waals surface area contributed by atoms with Crippen molar-refractivity contribution in [1.82, 2.24) is 9.78 Å². The topological polar surface area (TPSA) is 46.9 Å². The number of nitrogens with zero attached hydrogens (tertiary/aromatic N) is 2. The van der Waals surface area contributed by atoms with Gasteiger partial charge in [-0.15, -0.1) is 0 Å². The molecule has 0 saturated carbocycles. The van der Waals surface area contributed by atoms with Crippen molar-refractivity contribution >= 4 is 28.9 Å². The van der Waals surface area contributed by atoms with Crippen molar-refractivity contribution in [1.29, 1.82) is 0 Å². The minimum atomic E-state index is -0.318. The van der Waals surface area contributed by atoms with Gasteiger partial charge in [0.2, 0.25) is 0 Å². The number of rotatable bonds is 5. The largest absolute Gasteiger partial charge is 0.378 e. The lowest BCUT2D eigenvalue weighted by Crippen LogP contribution is -2.24. The molecule has 1 aromatic heterocycles. The summed E-state index contributed by atoms with van der Waals surface area (Å²) in [5, 5.41) is 8.14. The highest BCUT2D eigenvalue weighted by Crippen LogP contribution is 2.17. The average Bonchev–Trinajstić information content (AvgIpc) is 2.61. The van der Waals surface area contributed by atoms with Crippen LogP contribution in [-0.2, 0) is 13.1 Å². The number of hydrogen-bond donors (Lipinski definition) is 1. The maximum absolute atomic E-state index is 12.4. The Labute approximate surface area is 149 Å². The van der Waals surface area contributed by atoms with Gasteiger partial charge >= 0.3 is 0 Å². The highest BCUT2D eigenvalue weighted by Gasteiger charge is 2.09. The molecule has 3 aromatic rings. The van der Waals surface area contributed by atoms with Crippen LogP contribution in [0.5, 0.6) is 0 Å². The fourth-order valence-corrected chi connectivity index (χ4v) is 2.60. The van der Waals surface area contributed by atoms with E-state index in [0.29, 0.717) is 23.8 Å². The van der Waals surface area contributed by atoms with Crippen LogP contribution in [-0.4, -0.2) is 9.78 Å². The molecule has 0 atom stereocenters. The fourth-order valence-electron chi connectivity index (χ4n) is 2.26. The first-order chi connectivity index (χ1) is 11.6. The summed E-state index contributed by atoms with van der Waals surface area (Å²) < 4.78 is 1.35. The third kappa shape index (κ3) is 3.96. The second-order valence-electron chi connectivity index (χ2n) is 5.30. The summed E-state index contributed by atoms with van der Waals surface area (Å²) in [4.78, 5) is 12.4. The predicted octanol–water partition coefficient (Wildman–Crippen LogP) is 4.21. The Morgan fingerprint density at radius 2 is 1.67 bits per heavy atom. The lowest BCUT2D eigenvalue weighted by molar-refractivity contribution is 0.640. The molecule has 1 heterocycles. The van der Waals surface area contributed by atoms with E-state index in [9.17, 15) is 4.79 Å². The molecule has 122 valence electrons. The van der Waals surface area contributed by atoms with Gasteiger partial charge in [0, 0.05) is 11.6 Å². The molecule has 0 unspecified atom stereocenters. The third-order valence-electron chi connectivity index (χ3n) is 3.56. The van der Waals surface area contributed by atoms with Crippen LogP contribution in [0.1, 0.15) is 11.1 Å². The molecule has 24 heavy (non-hydrogen) atoms. The molecule has 2 aromatic carbocycles. The monoisotopic (exact) mass is 359 g/mol. The van der Waals surface area contributed by atoms with Crippen molar-refractivity contribution < 1.29 is 0 Å². The number of hydrogen-bond acceptors (Lipinski definition) is 3. The number of aromatic nitrogens is 2. The summed E-state index contributed by atoms with van der Waals surface area (Å²) >= 11 is 12.1. The Morgan fingerprint density at radius 3 is 2.38 bits per heavy atom. The summed E-state index contributed by atoms with van der Waals surface area (Å²) in [6.45, 7) is 0.914. The zero-order chi connectivity index (χ0) is 16.9. The normalized spacial score (nSPS) is 10.6. The quantitative estimate of drug-likeness (QED) is 0.742. The number of anilines is 1. The van der Waals surface area contributed by atoms with Crippen molar-refractivity contribution in [3.63, 3.8) is 0 Å². The number of benzene rings is 2. The molecule has 3 rings (SSSR count). The molecule has 0 radical (unpaired) electrons. The van der Waals surface area contributed by atoms with Gasteiger partial charge in [-0.05, 0) is 23.3 Å². The minimum absolute atomic E-state index is 0.134. The first kappa shape index (κ1) is 16.6. The minimum Gasteiger partial charge on any atom is -0.378 e. The molecule has 0 fully saturated rings. The Hall–Kier alpha value is -2.30. The van der Waals surface area contributed by atoms with Crippen LogP contribution in [0, 0.1) is 0 Å². The summed E-state index contributed by atoms with van der Waals surface area (Å²) in [5.74, 6) is 0. The summed E-state index contributed by atoms with van der Waals surface area (Å²) in [6, 6.07) is 17.1. The average molecular weight is 360 g/mol. The van der Waals surface area contributed by atoms with E-state index in [4.69, 9.17) is 23.2 Å². The van der Waals surface area contributed by atoms with Crippen LogP contribution >= 0.6 is 23.2 Å². The molecular weight excluding hydrogens is 345 g/mol. The zero-order valence-corrected chi connectivity index (χ0v) is 14.3. The maximum atomic E-state index is 12.4. The van der Waals surface area contributed by atoms with Gasteiger partial charge in [0.1, 0.15) is 5.02 Å². The Balaban J connectivity index is 1.75. The summed E-state index contributed by atoms with van der Waals surface area (Å²) in [7, 11) is 0. The van der Waals surface area contributed by atoms with E-state index in [1.165, 1.54) is 4.68 Å². The molecule has 0 bridgehead atoms. The van der Waals surface area contributed by atoms with E-state index < -0.39 is 0 Å². The lowest BCUT2D eigenvalue weighted by Gasteiger charge is -2.10. The van der Waals surface area contributed by atoms with Gasteiger partial charge in [-0.2, -0.15) is 5.10 Å². The molecule has 0 aliphatic heterocycles. The van der Waals surface area contributed by atoms with Gasteiger partial charge < -0.3 is 5.32 Å². The zero-order valence-electron chi connectivity index (χ0n) is 12.7. The second-order valence-corrected chi connectivity index (χ2v) is 6.12. The molecule has 4 nitrogen and oxygen atoms in total. The van der Waals surface area contributed by atoms with E-state index in [2.05, 4.69) is 10.4 Å². The van der Waals surface area contributed by atoms with E-state index in [1.807, 2.05) is 54.6 Å². The first-order valence-electron chi connectivity index (χ1n) is 7.41. The SMILES string of the molecule is O=c1c(Cl)c(NCc2ccc(Cl)cc2)cnn1Cc1ccccc1. The molecule has 0 aliphatic rings. The van der Waals surface area contributed by atoms with Crippen LogP contribution in [0.25, 0.3) is 0 Å². The Bertz CT molecular complexity index is 877. The lowest BCUT2D eigenvalue weighted by atomic mass is 10.2. The molecule has 0 saturated heterocycles. The Morgan fingerprint density at radius 1 is 0.958 bits per heavy atom. The van der Waals surface area contributed by atoms with Crippen LogP contribution in [0.2, 0.25) is 10.0 Å². The van der Waals surface area contributed by atoms with Crippen LogP contribution in [0.4, 0.5) is 5.69 Å². The number of halogens is 2. The predicted molar refractivity (Wildman–Crippen MR) is 97.8 cm³/mol. The summed E-state index contributed by atoms with van der Waals surface area (Å²) in [5.41, 5.74) is 2.22. The van der Waals surface area contributed by atoms with E-state index in [-0.39, 0.29) is 10.6 Å². The van der Waals surface area contributed by atoms with Crippen LogP contribution in [0.15, 0.2) is 65.6 Å². The van der Waals surface area contributed by atoms with Gasteiger partial charge in [0.15, 0.2) is 0 Å². The smallest absolute Gasteiger partial charge is 0.287 e. The van der Waals surface area contributed by atoms with Crippen molar-refractivity contribution in [3.8, 4) is 0 Å². The van der Waals surface area contributed by atoms with Gasteiger partial charge in [0.05, 0.1) is 18.4 Å².